The number of aromatic nitrogens is 2. The third kappa shape index (κ3) is 2.74. The Bertz CT molecular complexity index is 805. The van der Waals surface area contributed by atoms with E-state index >= 15 is 0 Å². The van der Waals surface area contributed by atoms with E-state index in [2.05, 4.69) is 43.3 Å². The zero-order valence-electron chi connectivity index (χ0n) is 11.4. The Hall–Kier alpha value is -1.65. The molecule has 0 spiro atoms. The van der Waals surface area contributed by atoms with Gasteiger partial charge in [-0.3, -0.25) is 0 Å². The molecule has 3 aromatic rings. The Morgan fingerprint density at radius 3 is 2.62 bits per heavy atom. The van der Waals surface area contributed by atoms with Gasteiger partial charge >= 0.3 is 0 Å². The molecule has 106 valence electrons. The number of hydrogen-bond donors (Lipinski definition) is 1. The average Bonchev–Trinajstić information content (AvgIpc) is 2.51. The molecule has 0 saturated carbocycles. The molecule has 0 amide bonds. The maximum Gasteiger partial charge on any atom is 0.138 e. The molecule has 0 unspecified atom stereocenters. The van der Waals surface area contributed by atoms with Gasteiger partial charge in [0.15, 0.2) is 0 Å². The minimum absolute atomic E-state index is 0.497. The average molecular weight is 363 g/mol. The van der Waals surface area contributed by atoms with Crippen molar-refractivity contribution in [3.05, 3.63) is 57.9 Å². The third-order valence-electron chi connectivity index (χ3n) is 3.37. The van der Waals surface area contributed by atoms with E-state index in [1.807, 2.05) is 31.2 Å². The summed E-state index contributed by atoms with van der Waals surface area (Å²) in [5, 5.41) is 6.16. The van der Waals surface area contributed by atoms with Crippen LogP contribution in [0, 0.1) is 0 Å². The van der Waals surface area contributed by atoms with E-state index in [-0.39, 0.29) is 0 Å². The quantitative estimate of drug-likeness (QED) is 0.638. The van der Waals surface area contributed by atoms with Gasteiger partial charge < -0.3 is 5.32 Å². The number of benzene rings is 2. The smallest absolute Gasteiger partial charge is 0.138 e. The molecule has 2 aromatic carbocycles. The van der Waals surface area contributed by atoms with E-state index in [0.717, 1.165) is 38.7 Å². The Morgan fingerprint density at radius 2 is 1.86 bits per heavy atom. The van der Waals surface area contributed by atoms with Gasteiger partial charge in [-0.05, 0) is 23.9 Å². The highest BCUT2D eigenvalue weighted by atomic mass is 79.9. The monoisotopic (exact) mass is 361 g/mol. The van der Waals surface area contributed by atoms with Gasteiger partial charge in [-0.25, -0.2) is 9.97 Å². The van der Waals surface area contributed by atoms with Gasteiger partial charge in [0.1, 0.15) is 17.3 Å². The molecule has 0 bridgehead atoms. The van der Waals surface area contributed by atoms with E-state index in [0.29, 0.717) is 5.15 Å². The Balaban J connectivity index is 2.11. The van der Waals surface area contributed by atoms with E-state index in [1.54, 1.807) is 0 Å². The number of halogens is 2. The Morgan fingerprint density at radius 1 is 1.10 bits per heavy atom. The highest BCUT2D eigenvalue weighted by molar-refractivity contribution is 9.10. The fraction of sp³-hybridized carbons (Fsp3) is 0.125. The van der Waals surface area contributed by atoms with Crippen LogP contribution in [0.3, 0.4) is 0 Å². The van der Waals surface area contributed by atoms with Gasteiger partial charge in [0.25, 0.3) is 0 Å². The fourth-order valence-corrected chi connectivity index (χ4v) is 3.06. The minimum atomic E-state index is 0.497. The molecule has 1 aromatic heterocycles. The van der Waals surface area contributed by atoms with Crippen molar-refractivity contribution < 1.29 is 0 Å². The first-order valence-corrected chi connectivity index (χ1v) is 7.81. The normalized spacial score (nSPS) is 10.8. The molecule has 1 heterocycles. The first-order chi connectivity index (χ1) is 10.2. The molecule has 0 aliphatic heterocycles. The van der Waals surface area contributed by atoms with E-state index < -0.39 is 0 Å². The van der Waals surface area contributed by atoms with Crippen LogP contribution < -0.4 is 5.32 Å². The SMILES string of the molecule is CCc1c(Cl)ncnc1Nc1ccc(Br)c2ccccc12. The van der Waals surface area contributed by atoms with Crippen molar-refractivity contribution in [3.63, 3.8) is 0 Å². The van der Waals surface area contributed by atoms with Crippen molar-refractivity contribution in [2.24, 2.45) is 0 Å². The number of hydrogen-bond acceptors (Lipinski definition) is 3. The highest BCUT2D eigenvalue weighted by Crippen LogP contribution is 2.32. The zero-order chi connectivity index (χ0) is 14.8. The van der Waals surface area contributed by atoms with Crippen LogP contribution in [0.25, 0.3) is 10.8 Å². The molecule has 0 aliphatic rings. The van der Waals surface area contributed by atoms with Gasteiger partial charge in [0.2, 0.25) is 0 Å². The van der Waals surface area contributed by atoms with Crippen molar-refractivity contribution in [1.29, 1.82) is 0 Å². The lowest BCUT2D eigenvalue weighted by molar-refractivity contribution is 1.05. The van der Waals surface area contributed by atoms with Crippen molar-refractivity contribution in [3.8, 4) is 0 Å². The fourth-order valence-electron chi connectivity index (χ4n) is 2.31. The van der Waals surface area contributed by atoms with Gasteiger partial charge in [0.05, 0.1) is 0 Å². The summed E-state index contributed by atoms with van der Waals surface area (Å²) in [6.45, 7) is 2.04. The molecule has 0 fully saturated rings. The highest BCUT2D eigenvalue weighted by Gasteiger charge is 2.10. The largest absolute Gasteiger partial charge is 0.339 e. The van der Waals surface area contributed by atoms with Crippen LogP contribution in [0.4, 0.5) is 11.5 Å². The molecule has 21 heavy (non-hydrogen) atoms. The van der Waals surface area contributed by atoms with Crippen LogP contribution in [-0.4, -0.2) is 9.97 Å². The van der Waals surface area contributed by atoms with Crippen molar-refractivity contribution >= 4 is 49.8 Å². The summed E-state index contributed by atoms with van der Waals surface area (Å²) in [5.74, 6) is 0.755. The molecule has 0 radical (unpaired) electrons. The number of nitrogens with one attached hydrogen (secondary N) is 1. The number of fused-ring (bicyclic) bond motifs is 1. The van der Waals surface area contributed by atoms with Crippen LogP contribution in [-0.2, 0) is 6.42 Å². The molecule has 1 N–H and O–H groups in total. The Labute approximate surface area is 136 Å². The molecular formula is C16H13BrClN3. The second-order valence-electron chi connectivity index (χ2n) is 4.61. The first kappa shape index (κ1) is 14.3. The Kier molecular flexibility index (Phi) is 4.08. The number of rotatable bonds is 3. The summed E-state index contributed by atoms with van der Waals surface area (Å²) in [4.78, 5) is 8.35. The van der Waals surface area contributed by atoms with Gasteiger partial charge in [-0.2, -0.15) is 0 Å². The van der Waals surface area contributed by atoms with Crippen LogP contribution in [0.5, 0.6) is 0 Å². The van der Waals surface area contributed by atoms with Gasteiger partial charge in [-0.15, -0.1) is 0 Å². The number of anilines is 2. The topological polar surface area (TPSA) is 37.8 Å². The molecule has 0 atom stereocenters. The zero-order valence-corrected chi connectivity index (χ0v) is 13.7. The predicted octanol–water partition coefficient (Wildman–Crippen LogP) is 5.35. The molecule has 5 heteroatoms. The van der Waals surface area contributed by atoms with Crippen molar-refractivity contribution in [2.45, 2.75) is 13.3 Å². The summed E-state index contributed by atoms with van der Waals surface area (Å²) in [5.41, 5.74) is 1.92. The molecule has 0 saturated heterocycles. The molecule has 3 nitrogen and oxygen atoms in total. The number of nitrogens with zero attached hydrogens (tertiary/aromatic N) is 2. The summed E-state index contributed by atoms with van der Waals surface area (Å²) in [6, 6.07) is 12.3. The lowest BCUT2D eigenvalue weighted by Crippen LogP contribution is -2.01. The van der Waals surface area contributed by atoms with E-state index in [1.165, 1.54) is 6.33 Å². The maximum atomic E-state index is 6.14. The van der Waals surface area contributed by atoms with Crippen LogP contribution in [0.1, 0.15) is 12.5 Å². The summed E-state index contributed by atoms with van der Waals surface area (Å²) in [6.07, 6.45) is 2.25. The summed E-state index contributed by atoms with van der Waals surface area (Å²) >= 11 is 9.72. The van der Waals surface area contributed by atoms with Crippen LogP contribution in [0.15, 0.2) is 47.2 Å². The summed E-state index contributed by atoms with van der Waals surface area (Å²) < 4.78 is 1.07. The molecular weight excluding hydrogens is 350 g/mol. The summed E-state index contributed by atoms with van der Waals surface area (Å²) in [7, 11) is 0. The maximum absolute atomic E-state index is 6.14. The van der Waals surface area contributed by atoms with E-state index in [9.17, 15) is 0 Å². The van der Waals surface area contributed by atoms with E-state index in [4.69, 9.17) is 11.6 Å². The first-order valence-electron chi connectivity index (χ1n) is 6.64. The lowest BCUT2D eigenvalue weighted by Gasteiger charge is -2.13. The second-order valence-corrected chi connectivity index (χ2v) is 5.82. The van der Waals surface area contributed by atoms with Crippen molar-refractivity contribution in [1.82, 2.24) is 9.97 Å². The van der Waals surface area contributed by atoms with Crippen LogP contribution >= 0.6 is 27.5 Å². The second kappa shape index (κ2) is 6.00. The lowest BCUT2D eigenvalue weighted by atomic mass is 10.1. The van der Waals surface area contributed by atoms with Crippen molar-refractivity contribution in [2.75, 3.05) is 5.32 Å². The van der Waals surface area contributed by atoms with Gasteiger partial charge in [0, 0.05) is 21.1 Å². The predicted molar refractivity (Wildman–Crippen MR) is 91.4 cm³/mol. The standard InChI is InChI=1S/C16H13BrClN3/c1-2-10-15(18)19-9-20-16(10)21-14-8-7-13(17)11-5-3-4-6-12(11)14/h3-9H,2H2,1H3,(H,19,20,21). The minimum Gasteiger partial charge on any atom is -0.339 e. The van der Waals surface area contributed by atoms with Crippen LogP contribution in [0.2, 0.25) is 5.15 Å². The van der Waals surface area contributed by atoms with Gasteiger partial charge in [-0.1, -0.05) is 58.7 Å². The molecule has 3 rings (SSSR count). The third-order valence-corrected chi connectivity index (χ3v) is 4.39. The molecule has 0 aliphatic carbocycles.